The molecule has 0 aromatic rings. The van der Waals surface area contributed by atoms with E-state index in [0.717, 1.165) is 0 Å². The molecule has 0 saturated carbocycles. The van der Waals surface area contributed by atoms with Crippen molar-refractivity contribution in [3.63, 3.8) is 0 Å². The van der Waals surface area contributed by atoms with E-state index in [2.05, 4.69) is 22.5 Å². The summed E-state index contributed by atoms with van der Waals surface area (Å²) in [7, 11) is 0. The van der Waals surface area contributed by atoms with E-state index >= 15 is 0 Å². The second-order valence-corrected chi connectivity index (χ2v) is 3.88. The Bertz CT molecular complexity index is 153. The van der Waals surface area contributed by atoms with Crippen molar-refractivity contribution in [1.29, 1.82) is 0 Å². The molecule has 0 aliphatic heterocycles. The first-order chi connectivity index (χ1) is 4.39. The summed E-state index contributed by atoms with van der Waals surface area (Å²) in [6, 6.07) is 0. The first kappa shape index (κ1) is 9.89. The molecular weight excluding hydrogens is 192 g/mol. The van der Waals surface area contributed by atoms with Crippen LogP contribution in [-0.4, -0.2) is 11.1 Å². The lowest BCUT2D eigenvalue weighted by molar-refractivity contribution is -0.122. The van der Waals surface area contributed by atoms with Gasteiger partial charge in [0.15, 0.2) is 5.78 Å². The summed E-state index contributed by atoms with van der Waals surface area (Å²) in [6.45, 7) is 9.32. The normalized spacial score (nSPS) is 11.2. The van der Waals surface area contributed by atoms with Crippen molar-refractivity contribution >= 4 is 21.7 Å². The minimum atomic E-state index is -0.287. The summed E-state index contributed by atoms with van der Waals surface area (Å²) < 4.78 is 0. The van der Waals surface area contributed by atoms with Crippen molar-refractivity contribution in [3.05, 3.63) is 12.2 Å². The van der Waals surface area contributed by atoms with Crippen LogP contribution in [0.25, 0.3) is 0 Å². The van der Waals surface area contributed by atoms with Crippen LogP contribution in [0.15, 0.2) is 12.2 Å². The van der Waals surface area contributed by atoms with Crippen LogP contribution in [0.5, 0.6) is 0 Å². The Morgan fingerprint density at radius 2 is 1.90 bits per heavy atom. The lowest BCUT2D eigenvalue weighted by Gasteiger charge is -2.16. The van der Waals surface area contributed by atoms with Gasteiger partial charge in [0.05, 0.1) is 0 Å². The Morgan fingerprint density at radius 3 is 2.00 bits per heavy atom. The molecule has 0 bridgehead atoms. The van der Waals surface area contributed by atoms with Crippen LogP contribution >= 0.6 is 15.9 Å². The second kappa shape index (κ2) is 3.33. The lowest BCUT2D eigenvalue weighted by Crippen LogP contribution is -2.21. The first-order valence-electron chi connectivity index (χ1n) is 3.18. The van der Waals surface area contributed by atoms with Crippen LogP contribution in [0.2, 0.25) is 0 Å². The molecular formula is C8H13BrO. The molecule has 0 unspecified atom stereocenters. The molecule has 0 aliphatic carbocycles. The minimum Gasteiger partial charge on any atom is -0.294 e. The number of hydrogen-bond acceptors (Lipinski definition) is 1. The topological polar surface area (TPSA) is 17.1 Å². The van der Waals surface area contributed by atoms with Gasteiger partial charge in [0, 0.05) is 10.7 Å². The zero-order valence-electron chi connectivity index (χ0n) is 6.70. The van der Waals surface area contributed by atoms with Gasteiger partial charge in [-0.15, -0.1) is 0 Å². The van der Waals surface area contributed by atoms with Crippen molar-refractivity contribution in [2.45, 2.75) is 20.8 Å². The molecule has 10 heavy (non-hydrogen) atoms. The molecule has 0 saturated heterocycles. The molecule has 0 aromatic carbocycles. The number of hydrogen-bond donors (Lipinski definition) is 0. The third kappa shape index (κ3) is 2.65. The number of ketones is 1. The van der Waals surface area contributed by atoms with E-state index in [-0.39, 0.29) is 11.2 Å². The number of carbonyl (C=O) groups excluding carboxylic acids is 1. The number of Topliss-reactive ketones (excluding diaryl/α,β-unsaturated/α-hetero) is 1. The van der Waals surface area contributed by atoms with Crippen molar-refractivity contribution in [1.82, 2.24) is 0 Å². The quantitative estimate of drug-likeness (QED) is 0.500. The summed E-state index contributed by atoms with van der Waals surface area (Å²) in [4.78, 5) is 11.3. The molecule has 0 heterocycles. The van der Waals surface area contributed by atoms with E-state index in [1.165, 1.54) is 0 Å². The number of carbonyl (C=O) groups is 1. The van der Waals surface area contributed by atoms with Crippen LogP contribution in [0.1, 0.15) is 20.8 Å². The van der Waals surface area contributed by atoms with Gasteiger partial charge in [0.2, 0.25) is 0 Å². The van der Waals surface area contributed by atoms with E-state index in [1.54, 1.807) is 0 Å². The fourth-order valence-electron chi connectivity index (χ4n) is 0.591. The van der Waals surface area contributed by atoms with Crippen molar-refractivity contribution < 1.29 is 4.79 Å². The summed E-state index contributed by atoms with van der Waals surface area (Å²) in [5.41, 5.74) is 0.359. The molecule has 0 atom stereocenters. The number of alkyl halides is 1. The maximum Gasteiger partial charge on any atom is 0.164 e. The van der Waals surface area contributed by atoms with Gasteiger partial charge in [-0.1, -0.05) is 43.3 Å². The third-order valence-electron chi connectivity index (χ3n) is 1.16. The molecule has 0 radical (unpaired) electrons. The Morgan fingerprint density at radius 1 is 1.50 bits per heavy atom. The van der Waals surface area contributed by atoms with Gasteiger partial charge in [0.1, 0.15) is 0 Å². The highest BCUT2D eigenvalue weighted by atomic mass is 79.9. The van der Waals surface area contributed by atoms with Crippen LogP contribution in [0.4, 0.5) is 0 Å². The predicted octanol–water partition coefficient (Wildman–Crippen LogP) is 2.55. The summed E-state index contributed by atoms with van der Waals surface area (Å²) in [5, 5.41) is 0.573. The molecule has 0 amide bonds. The van der Waals surface area contributed by atoms with Crippen LogP contribution in [0.3, 0.4) is 0 Å². The van der Waals surface area contributed by atoms with Crippen molar-refractivity contribution in [2.75, 3.05) is 5.33 Å². The van der Waals surface area contributed by atoms with Crippen LogP contribution in [0, 0.1) is 5.41 Å². The zero-order chi connectivity index (χ0) is 8.36. The van der Waals surface area contributed by atoms with Gasteiger partial charge in [-0.25, -0.2) is 0 Å². The Balaban J connectivity index is 4.24. The maximum absolute atomic E-state index is 11.3. The van der Waals surface area contributed by atoms with Crippen molar-refractivity contribution in [2.24, 2.45) is 5.41 Å². The van der Waals surface area contributed by atoms with E-state index in [1.807, 2.05) is 20.8 Å². The van der Waals surface area contributed by atoms with Crippen LogP contribution < -0.4 is 0 Å². The van der Waals surface area contributed by atoms with Gasteiger partial charge >= 0.3 is 0 Å². The fraction of sp³-hybridized carbons (Fsp3) is 0.625. The predicted molar refractivity (Wildman–Crippen MR) is 47.4 cm³/mol. The summed E-state index contributed by atoms with van der Waals surface area (Å²) >= 11 is 3.19. The highest BCUT2D eigenvalue weighted by Gasteiger charge is 2.22. The van der Waals surface area contributed by atoms with Gasteiger partial charge < -0.3 is 0 Å². The molecule has 0 aromatic heterocycles. The molecule has 0 N–H and O–H groups in total. The second-order valence-electron chi connectivity index (χ2n) is 3.32. The van der Waals surface area contributed by atoms with E-state index in [4.69, 9.17) is 0 Å². The monoisotopic (exact) mass is 204 g/mol. The summed E-state index contributed by atoms with van der Waals surface area (Å²) in [6.07, 6.45) is 0. The molecule has 58 valence electrons. The smallest absolute Gasteiger partial charge is 0.164 e. The first-order valence-corrected chi connectivity index (χ1v) is 4.30. The number of halogens is 1. The van der Waals surface area contributed by atoms with Gasteiger partial charge in [-0.3, -0.25) is 4.79 Å². The van der Waals surface area contributed by atoms with Crippen LogP contribution in [-0.2, 0) is 4.79 Å². The van der Waals surface area contributed by atoms with Crippen molar-refractivity contribution in [3.8, 4) is 0 Å². The molecule has 0 fully saturated rings. The lowest BCUT2D eigenvalue weighted by atomic mass is 9.87. The minimum absolute atomic E-state index is 0.129. The SMILES string of the molecule is C=C(CBr)C(=O)C(C)(C)C. The zero-order valence-corrected chi connectivity index (χ0v) is 8.29. The highest BCUT2D eigenvalue weighted by Crippen LogP contribution is 2.19. The highest BCUT2D eigenvalue weighted by molar-refractivity contribution is 9.09. The fourth-order valence-corrected chi connectivity index (χ4v) is 0.846. The average molecular weight is 205 g/mol. The Labute approximate surface area is 70.6 Å². The molecule has 2 heteroatoms. The summed E-state index contributed by atoms with van der Waals surface area (Å²) in [5.74, 6) is 0.129. The van der Waals surface area contributed by atoms with Gasteiger partial charge in [-0.2, -0.15) is 0 Å². The molecule has 1 nitrogen and oxygen atoms in total. The largest absolute Gasteiger partial charge is 0.294 e. The number of rotatable bonds is 2. The van der Waals surface area contributed by atoms with E-state index < -0.39 is 0 Å². The molecule has 0 spiro atoms. The average Bonchev–Trinajstić information content (AvgIpc) is 1.83. The third-order valence-corrected chi connectivity index (χ3v) is 1.84. The van der Waals surface area contributed by atoms with E-state index in [9.17, 15) is 4.79 Å². The van der Waals surface area contributed by atoms with E-state index in [0.29, 0.717) is 10.9 Å². The number of allylic oxidation sites excluding steroid dienone is 1. The Hall–Kier alpha value is -0.110. The molecule has 0 rings (SSSR count). The maximum atomic E-state index is 11.3. The molecule has 0 aliphatic rings. The Kier molecular flexibility index (Phi) is 3.29. The van der Waals surface area contributed by atoms with Gasteiger partial charge in [0.25, 0.3) is 0 Å². The standard InChI is InChI=1S/C8H13BrO/c1-6(5-9)7(10)8(2,3)4/h1,5H2,2-4H3. The van der Waals surface area contributed by atoms with Gasteiger partial charge in [-0.05, 0) is 5.57 Å².